The first-order valence-electron chi connectivity index (χ1n) is 7.94. The number of hydrogen-bond acceptors (Lipinski definition) is 6. The number of hydrogen-bond donors (Lipinski definition) is 1. The maximum absolute atomic E-state index is 5.89. The molecule has 0 bridgehead atoms. The fourth-order valence-electron chi connectivity index (χ4n) is 2.62. The third-order valence-electron chi connectivity index (χ3n) is 3.87. The van der Waals surface area contributed by atoms with Crippen molar-refractivity contribution in [3.05, 3.63) is 46.4 Å². The molecule has 2 heterocycles. The lowest BCUT2D eigenvalue weighted by molar-refractivity contribution is 0.366. The topological polar surface area (TPSA) is 78.0 Å². The number of nitrogens with zero attached hydrogens (tertiary/aromatic N) is 4. The van der Waals surface area contributed by atoms with Crippen LogP contribution in [0.25, 0.3) is 11.4 Å². The Labute approximate surface area is 150 Å². The van der Waals surface area contributed by atoms with Crippen LogP contribution in [0, 0.1) is 6.92 Å². The van der Waals surface area contributed by atoms with E-state index in [0.29, 0.717) is 36.2 Å². The summed E-state index contributed by atoms with van der Waals surface area (Å²) in [5.74, 6) is 1.93. The number of ether oxygens (including phenoxy) is 1. The summed E-state index contributed by atoms with van der Waals surface area (Å²) in [6, 6.07) is 7.34. The van der Waals surface area contributed by atoms with E-state index in [2.05, 4.69) is 20.6 Å². The van der Waals surface area contributed by atoms with Crippen LogP contribution in [-0.2, 0) is 20.0 Å². The summed E-state index contributed by atoms with van der Waals surface area (Å²) in [6.07, 6.45) is 0.641. The molecule has 0 radical (unpaired) electrons. The van der Waals surface area contributed by atoms with Crippen LogP contribution in [0.2, 0.25) is 5.02 Å². The van der Waals surface area contributed by atoms with Crippen molar-refractivity contribution in [2.24, 2.45) is 7.05 Å². The molecule has 3 aromatic rings. The fourth-order valence-corrected chi connectivity index (χ4v) is 2.75. The van der Waals surface area contributed by atoms with E-state index < -0.39 is 0 Å². The number of aromatic nitrogens is 4. The van der Waals surface area contributed by atoms with E-state index in [1.165, 1.54) is 0 Å². The molecule has 0 amide bonds. The number of nitrogens with one attached hydrogen (secondary N) is 1. The van der Waals surface area contributed by atoms with Crippen LogP contribution in [0.15, 0.2) is 28.8 Å². The van der Waals surface area contributed by atoms with Gasteiger partial charge < -0.3 is 14.6 Å². The van der Waals surface area contributed by atoms with E-state index >= 15 is 0 Å². The lowest BCUT2D eigenvalue weighted by atomic mass is 10.2. The Morgan fingerprint density at radius 1 is 1.28 bits per heavy atom. The van der Waals surface area contributed by atoms with Crippen molar-refractivity contribution in [3.63, 3.8) is 0 Å². The van der Waals surface area contributed by atoms with Gasteiger partial charge in [0.05, 0.1) is 18.4 Å². The highest BCUT2D eigenvalue weighted by Crippen LogP contribution is 2.21. The molecule has 1 N–H and O–H groups in total. The van der Waals surface area contributed by atoms with Crippen LogP contribution >= 0.6 is 11.6 Å². The smallest absolute Gasteiger partial charge is 0.228 e. The summed E-state index contributed by atoms with van der Waals surface area (Å²) >= 11 is 5.89. The first kappa shape index (κ1) is 17.4. The van der Waals surface area contributed by atoms with Gasteiger partial charge in [-0.15, -0.1) is 0 Å². The van der Waals surface area contributed by atoms with Crippen molar-refractivity contribution < 1.29 is 9.26 Å². The number of methoxy groups -OCH3 is 1. The molecule has 1 aromatic carbocycles. The highest BCUT2D eigenvalue weighted by atomic mass is 35.5. The second-order valence-electron chi connectivity index (χ2n) is 5.64. The van der Waals surface area contributed by atoms with Crippen LogP contribution in [0.3, 0.4) is 0 Å². The predicted octanol–water partition coefficient (Wildman–Crippen LogP) is 2.77. The monoisotopic (exact) mass is 361 g/mol. The molecule has 0 unspecified atom stereocenters. The van der Waals surface area contributed by atoms with E-state index in [9.17, 15) is 0 Å². The Balaban J connectivity index is 1.54. The van der Waals surface area contributed by atoms with Gasteiger partial charge in [-0.2, -0.15) is 10.1 Å². The molecule has 7 nitrogen and oxygen atoms in total. The summed E-state index contributed by atoms with van der Waals surface area (Å²) in [4.78, 5) is 4.41. The van der Waals surface area contributed by atoms with Crippen molar-refractivity contribution in [2.45, 2.75) is 19.9 Å². The van der Waals surface area contributed by atoms with E-state index in [-0.39, 0.29) is 0 Å². The normalized spacial score (nSPS) is 11.0. The van der Waals surface area contributed by atoms with E-state index in [4.69, 9.17) is 20.9 Å². The zero-order valence-corrected chi connectivity index (χ0v) is 15.2. The standard InChI is InChI=1S/C17H20ClN5O2/c1-11-14(17(24-3)23(2)21-11)10-19-9-8-15-20-16(22-25-15)12-4-6-13(18)7-5-12/h4-7,19H,8-10H2,1-3H3. The third-order valence-corrected chi connectivity index (χ3v) is 4.12. The molecule has 0 aliphatic carbocycles. The maximum atomic E-state index is 5.89. The minimum absolute atomic E-state index is 0.566. The summed E-state index contributed by atoms with van der Waals surface area (Å²) in [5.41, 5.74) is 2.88. The van der Waals surface area contributed by atoms with E-state index in [1.807, 2.05) is 26.1 Å². The molecule has 2 aromatic heterocycles. The highest BCUT2D eigenvalue weighted by Gasteiger charge is 2.13. The van der Waals surface area contributed by atoms with Gasteiger partial charge in [-0.25, -0.2) is 4.68 Å². The van der Waals surface area contributed by atoms with E-state index in [1.54, 1.807) is 23.9 Å². The second-order valence-corrected chi connectivity index (χ2v) is 6.08. The predicted molar refractivity (Wildman–Crippen MR) is 94.7 cm³/mol. The molecule has 0 saturated carbocycles. The van der Waals surface area contributed by atoms with Crippen LogP contribution in [0.4, 0.5) is 0 Å². The van der Waals surface area contributed by atoms with Gasteiger partial charge in [0.1, 0.15) is 0 Å². The molecule has 0 fully saturated rings. The number of halogens is 1. The lowest BCUT2D eigenvalue weighted by Gasteiger charge is -2.05. The minimum atomic E-state index is 0.566. The molecule has 25 heavy (non-hydrogen) atoms. The van der Waals surface area contributed by atoms with Crippen molar-refractivity contribution in [1.82, 2.24) is 25.2 Å². The average molecular weight is 362 g/mol. The summed E-state index contributed by atoms with van der Waals surface area (Å²) < 4.78 is 12.4. The quantitative estimate of drug-likeness (QED) is 0.652. The summed E-state index contributed by atoms with van der Waals surface area (Å²) in [7, 11) is 3.52. The molecular formula is C17H20ClN5O2. The van der Waals surface area contributed by atoms with Crippen molar-refractivity contribution in [1.29, 1.82) is 0 Å². The van der Waals surface area contributed by atoms with Gasteiger partial charge in [0.25, 0.3) is 0 Å². The third kappa shape index (κ3) is 4.00. The molecular weight excluding hydrogens is 342 g/mol. The van der Waals surface area contributed by atoms with Crippen LogP contribution in [0.5, 0.6) is 5.88 Å². The zero-order valence-electron chi connectivity index (χ0n) is 14.4. The SMILES string of the molecule is COc1c(CNCCc2nc(-c3ccc(Cl)cc3)no2)c(C)nn1C. The molecule has 8 heteroatoms. The minimum Gasteiger partial charge on any atom is -0.481 e. The molecule has 0 saturated heterocycles. The summed E-state index contributed by atoms with van der Waals surface area (Å²) in [6.45, 7) is 3.34. The van der Waals surface area contributed by atoms with Crippen LogP contribution in [-0.4, -0.2) is 33.6 Å². The molecule has 0 aliphatic rings. The molecule has 0 aliphatic heterocycles. The Hall–Kier alpha value is -2.38. The van der Waals surface area contributed by atoms with Crippen molar-refractivity contribution in [2.75, 3.05) is 13.7 Å². The van der Waals surface area contributed by atoms with Gasteiger partial charge in [0.15, 0.2) is 0 Å². The van der Waals surface area contributed by atoms with Gasteiger partial charge in [0.2, 0.25) is 17.6 Å². The highest BCUT2D eigenvalue weighted by molar-refractivity contribution is 6.30. The van der Waals surface area contributed by atoms with Gasteiger partial charge in [0, 0.05) is 37.1 Å². The number of rotatable bonds is 7. The zero-order chi connectivity index (χ0) is 17.8. The Kier molecular flexibility index (Phi) is 5.35. The average Bonchev–Trinajstić information content (AvgIpc) is 3.16. The molecule has 3 rings (SSSR count). The van der Waals surface area contributed by atoms with Crippen LogP contribution < -0.4 is 10.1 Å². The number of benzene rings is 1. The van der Waals surface area contributed by atoms with Gasteiger partial charge in [-0.3, -0.25) is 0 Å². The van der Waals surface area contributed by atoms with E-state index in [0.717, 1.165) is 22.7 Å². The summed E-state index contributed by atoms with van der Waals surface area (Å²) in [5, 5.41) is 12.4. The second kappa shape index (κ2) is 7.67. The first-order valence-corrected chi connectivity index (χ1v) is 8.32. The lowest BCUT2D eigenvalue weighted by Crippen LogP contribution is -2.17. The Morgan fingerprint density at radius 2 is 2.04 bits per heavy atom. The maximum Gasteiger partial charge on any atom is 0.228 e. The molecule has 0 spiro atoms. The van der Waals surface area contributed by atoms with Crippen LogP contribution in [0.1, 0.15) is 17.1 Å². The van der Waals surface area contributed by atoms with Gasteiger partial charge in [-0.05, 0) is 31.2 Å². The Morgan fingerprint density at radius 3 is 2.76 bits per heavy atom. The Bertz CT molecular complexity index is 841. The first-order chi connectivity index (χ1) is 12.1. The fraction of sp³-hybridized carbons (Fsp3) is 0.353. The van der Waals surface area contributed by atoms with Gasteiger partial charge in [-0.1, -0.05) is 16.8 Å². The van der Waals surface area contributed by atoms with Crippen molar-refractivity contribution >= 4 is 11.6 Å². The van der Waals surface area contributed by atoms with Crippen molar-refractivity contribution in [3.8, 4) is 17.3 Å². The molecule has 0 atom stereocenters. The largest absolute Gasteiger partial charge is 0.481 e. The molecule has 132 valence electrons. The van der Waals surface area contributed by atoms with Gasteiger partial charge >= 0.3 is 0 Å². The number of aryl methyl sites for hydroxylation is 2.